The molecular weight excluding hydrogens is 348 g/mol. The average Bonchev–Trinajstić information content (AvgIpc) is 2.80. The highest BCUT2D eigenvalue weighted by Crippen LogP contribution is 2.43. The van der Waals surface area contributed by atoms with Crippen LogP contribution in [0.15, 0.2) is 21.5 Å². The lowest BCUT2D eigenvalue weighted by molar-refractivity contribution is -0.111. The van der Waals surface area contributed by atoms with Crippen LogP contribution in [-0.4, -0.2) is 21.9 Å². The van der Waals surface area contributed by atoms with Gasteiger partial charge in [0.1, 0.15) is 0 Å². The summed E-state index contributed by atoms with van der Waals surface area (Å²) in [6.45, 7) is 18.8. The molecule has 0 bridgehead atoms. The Bertz CT molecular complexity index is 494. The van der Waals surface area contributed by atoms with Crippen LogP contribution in [0, 0.1) is 0 Å². The first-order valence-electron chi connectivity index (χ1n) is 11.1. The monoisotopic (exact) mass is 392 g/mol. The first-order valence-corrected chi connectivity index (χ1v) is 18.1. The van der Waals surface area contributed by atoms with E-state index < -0.39 is 16.1 Å². The summed E-state index contributed by atoms with van der Waals surface area (Å²) in [5.41, 5.74) is 3.03. The zero-order chi connectivity index (χ0) is 20.0. The second-order valence-electron chi connectivity index (χ2n) is 10.2. The molecule has 0 aromatic rings. The molecule has 26 heavy (non-hydrogen) atoms. The third kappa shape index (κ3) is 6.33. The molecule has 0 aromatic heterocycles. The summed E-state index contributed by atoms with van der Waals surface area (Å²) in [4.78, 5) is 13.6. The summed E-state index contributed by atoms with van der Waals surface area (Å²) in [6.07, 6.45) is 12.6. The lowest BCUT2D eigenvalue weighted by Gasteiger charge is -2.22. The molecule has 0 heterocycles. The second kappa shape index (κ2) is 10.2. The summed E-state index contributed by atoms with van der Waals surface area (Å²) < 4.78 is 0. The van der Waals surface area contributed by atoms with Crippen molar-refractivity contribution in [3.63, 3.8) is 0 Å². The van der Waals surface area contributed by atoms with Crippen LogP contribution in [0.2, 0.25) is 39.3 Å². The summed E-state index contributed by atoms with van der Waals surface area (Å²) in [5.74, 6) is 0.472. The number of ketones is 1. The van der Waals surface area contributed by atoms with Gasteiger partial charge in [0.15, 0.2) is 5.78 Å². The summed E-state index contributed by atoms with van der Waals surface area (Å²) in [7, 11) is -3.25. The molecule has 0 atom stereocenters. The molecule has 0 spiro atoms. The number of carbonyl (C=O) groups is 1. The van der Waals surface area contributed by atoms with Crippen LogP contribution in [0.5, 0.6) is 0 Å². The minimum Gasteiger partial charge on any atom is -0.290 e. The molecule has 1 nitrogen and oxygen atoms in total. The van der Waals surface area contributed by atoms with Crippen molar-refractivity contribution in [1.29, 1.82) is 0 Å². The van der Waals surface area contributed by atoms with Crippen LogP contribution in [0.3, 0.4) is 0 Å². The molecule has 1 rings (SSSR count). The minimum absolute atomic E-state index is 0.472. The lowest BCUT2D eigenvalue weighted by atomic mass is 9.97. The van der Waals surface area contributed by atoms with Crippen LogP contribution in [0.25, 0.3) is 0 Å². The van der Waals surface area contributed by atoms with E-state index in [0.29, 0.717) is 5.78 Å². The molecule has 0 saturated heterocycles. The Morgan fingerprint density at radius 3 is 1.19 bits per heavy atom. The van der Waals surface area contributed by atoms with E-state index in [1.807, 2.05) is 0 Å². The van der Waals surface area contributed by atoms with Crippen molar-refractivity contribution < 1.29 is 4.79 Å². The van der Waals surface area contributed by atoms with Crippen molar-refractivity contribution in [2.75, 3.05) is 0 Å². The van der Waals surface area contributed by atoms with Crippen molar-refractivity contribution >= 4 is 21.9 Å². The number of Topliss-reactive ketones (excluding diaryl/α,β-unsaturated/α-hetero) is 1. The quantitative estimate of drug-likeness (QED) is 0.244. The van der Waals surface area contributed by atoms with Crippen molar-refractivity contribution in [3.8, 4) is 0 Å². The molecule has 0 aliphatic heterocycles. The van der Waals surface area contributed by atoms with Gasteiger partial charge in [-0.3, -0.25) is 4.79 Å². The van der Waals surface area contributed by atoms with Crippen molar-refractivity contribution in [3.05, 3.63) is 21.5 Å². The third-order valence-electron chi connectivity index (χ3n) is 5.48. The number of hydrogen-bond donors (Lipinski definition) is 0. The Morgan fingerprint density at radius 2 is 0.923 bits per heavy atom. The molecule has 3 heteroatoms. The third-order valence-corrected chi connectivity index (χ3v) is 9.54. The van der Waals surface area contributed by atoms with Gasteiger partial charge in [0.2, 0.25) is 0 Å². The first-order chi connectivity index (χ1) is 12.1. The van der Waals surface area contributed by atoms with Crippen LogP contribution in [-0.2, 0) is 4.79 Å². The Labute approximate surface area is 165 Å². The Hall–Kier alpha value is -0.416. The van der Waals surface area contributed by atoms with Crippen LogP contribution in [0.1, 0.15) is 78.1 Å². The predicted molar refractivity (Wildman–Crippen MR) is 123 cm³/mol. The van der Waals surface area contributed by atoms with E-state index >= 15 is 0 Å². The van der Waals surface area contributed by atoms with Crippen molar-refractivity contribution in [2.45, 2.75) is 117 Å². The number of unbranched alkanes of at least 4 members (excludes halogenated alkanes) is 6. The number of carbonyl (C=O) groups excluding carboxylic acids is 1. The highest BCUT2D eigenvalue weighted by Gasteiger charge is 2.42. The van der Waals surface area contributed by atoms with E-state index in [1.54, 1.807) is 0 Å². The van der Waals surface area contributed by atoms with Crippen molar-refractivity contribution in [2.24, 2.45) is 0 Å². The SMILES string of the molecule is CCCCCCC1=C([Si](C)(C)C)C(=O)C([Si](C)(C)C)=C1CCCCCC. The maximum Gasteiger partial charge on any atom is 0.177 e. The number of rotatable bonds is 12. The fourth-order valence-corrected chi connectivity index (χ4v) is 8.40. The zero-order valence-corrected chi connectivity index (χ0v) is 21.0. The molecule has 1 aliphatic carbocycles. The lowest BCUT2D eigenvalue weighted by Crippen LogP contribution is -2.35. The molecule has 0 radical (unpaired) electrons. The van der Waals surface area contributed by atoms with Gasteiger partial charge in [0, 0.05) is 0 Å². The molecule has 1 aliphatic rings. The van der Waals surface area contributed by atoms with Gasteiger partial charge in [-0.2, -0.15) is 0 Å². The average molecular weight is 393 g/mol. The summed E-state index contributed by atoms with van der Waals surface area (Å²) in [6, 6.07) is 0. The largest absolute Gasteiger partial charge is 0.290 e. The van der Waals surface area contributed by atoms with Gasteiger partial charge < -0.3 is 0 Å². The van der Waals surface area contributed by atoms with Gasteiger partial charge in [0.25, 0.3) is 0 Å². The highest BCUT2D eigenvalue weighted by molar-refractivity contribution is 6.94. The zero-order valence-electron chi connectivity index (χ0n) is 19.0. The Morgan fingerprint density at radius 1 is 0.577 bits per heavy atom. The van der Waals surface area contributed by atoms with Gasteiger partial charge in [0.05, 0.1) is 16.1 Å². The predicted octanol–water partition coefficient (Wildman–Crippen LogP) is 7.86. The van der Waals surface area contributed by atoms with E-state index in [4.69, 9.17) is 0 Å². The molecule has 150 valence electrons. The normalized spacial score (nSPS) is 16.2. The van der Waals surface area contributed by atoms with E-state index in [9.17, 15) is 4.79 Å². The fourth-order valence-electron chi connectivity index (χ4n) is 4.30. The fraction of sp³-hybridized carbons (Fsp3) is 0.783. The van der Waals surface area contributed by atoms with Crippen LogP contribution >= 0.6 is 0 Å². The summed E-state index contributed by atoms with van der Waals surface area (Å²) in [5, 5.41) is 2.58. The van der Waals surface area contributed by atoms with Crippen molar-refractivity contribution in [1.82, 2.24) is 0 Å². The van der Waals surface area contributed by atoms with Gasteiger partial charge >= 0.3 is 0 Å². The molecule has 0 unspecified atom stereocenters. The van der Waals surface area contributed by atoms with Crippen LogP contribution < -0.4 is 0 Å². The molecular formula is C23H44OSi2. The second-order valence-corrected chi connectivity index (χ2v) is 20.2. The van der Waals surface area contributed by atoms with Gasteiger partial charge in [-0.15, -0.1) is 0 Å². The maximum absolute atomic E-state index is 13.6. The first kappa shape index (κ1) is 23.6. The Kier molecular flexibility index (Phi) is 9.28. The van der Waals surface area contributed by atoms with E-state index in [-0.39, 0.29) is 0 Å². The van der Waals surface area contributed by atoms with Crippen LogP contribution in [0.4, 0.5) is 0 Å². The number of allylic oxidation sites excluding steroid dienone is 4. The van der Waals surface area contributed by atoms with E-state index in [2.05, 4.69) is 53.1 Å². The summed E-state index contributed by atoms with van der Waals surface area (Å²) >= 11 is 0. The van der Waals surface area contributed by atoms with E-state index in [1.165, 1.54) is 72.9 Å². The topological polar surface area (TPSA) is 17.1 Å². The molecule has 0 aromatic carbocycles. The smallest absolute Gasteiger partial charge is 0.177 e. The standard InChI is InChI=1S/C23H44OSi2/c1-9-11-13-15-17-19-20(18-16-14-12-10-2)23(26(6,7)8)21(24)22(19)25(3,4)5/h9-18H2,1-8H3. The molecule has 0 fully saturated rings. The van der Waals surface area contributed by atoms with E-state index in [0.717, 1.165) is 12.8 Å². The molecule has 0 amide bonds. The molecule has 0 saturated carbocycles. The van der Waals surface area contributed by atoms with Gasteiger partial charge in [-0.1, -0.05) is 91.7 Å². The highest BCUT2D eigenvalue weighted by atomic mass is 28.3. The minimum atomic E-state index is -1.62. The molecule has 0 N–H and O–H groups in total. The number of hydrogen-bond acceptors (Lipinski definition) is 1. The Balaban J connectivity index is 3.24. The maximum atomic E-state index is 13.6. The van der Waals surface area contributed by atoms with Gasteiger partial charge in [-0.25, -0.2) is 0 Å². The van der Waals surface area contributed by atoms with Gasteiger partial charge in [-0.05, 0) is 47.2 Å².